The van der Waals surface area contributed by atoms with E-state index in [2.05, 4.69) is 30.2 Å². The maximum Gasteiger partial charge on any atom is 0.226 e. The number of nitrogens with one attached hydrogen (secondary N) is 2. The molecule has 0 saturated heterocycles. The van der Waals surface area contributed by atoms with E-state index in [1.165, 1.54) is 0 Å². The van der Waals surface area contributed by atoms with E-state index in [0.29, 0.717) is 44.5 Å². The van der Waals surface area contributed by atoms with E-state index in [0.717, 1.165) is 5.52 Å². The van der Waals surface area contributed by atoms with Crippen LogP contribution < -0.4 is 10.2 Å². The number of aromatic amines is 1. The van der Waals surface area contributed by atoms with Crippen LogP contribution in [-0.4, -0.2) is 39.0 Å². The molecular weight excluding hydrogens is 385 g/mol. The van der Waals surface area contributed by atoms with Gasteiger partial charge < -0.3 is 15.2 Å². The zero-order valence-corrected chi connectivity index (χ0v) is 16.0. The van der Waals surface area contributed by atoms with Gasteiger partial charge in [0.15, 0.2) is 5.82 Å². The first-order chi connectivity index (χ1) is 13.0. The van der Waals surface area contributed by atoms with E-state index in [1.807, 2.05) is 25.1 Å². The number of benzene rings is 1. The fourth-order valence-electron chi connectivity index (χ4n) is 2.62. The van der Waals surface area contributed by atoms with Crippen LogP contribution in [0.15, 0.2) is 42.7 Å². The van der Waals surface area contributed by atoms with Crippen LogP contribution >= 0.6 is 23.2 Å². The summed E-state index contributed by atoms with van der Waals surface area (Å²) in [6, 6.07) is 8.95. The Morgan fingerprint density at radius 3 is 2.44 bits per heavy atom. The molecule has 0 amide bonds. The van der Waals surface area contributed by atoms with Crippen LogP contribution in [0.3, 0.4) is 0 Å². The average molecular weight is 400 g/mol. The summed E-state index contributed by atoms with van der Waals surface area (Å²) >= 11 is 12.6. The van der Waals surface area contributed by atoms with Crippen molar-refractivity contribution in [2.75, 3.05) is 24.3 Å². The Balaban J connectivity index is 1.77. The second-order valence-electron chi connectivity index (χ2n) is 6.00. The summed E-state index contributed by atoms with van der Waals surface area (Å²) in [5.41, 5.74) is 2.12. The predicted octanol–water partition coefficient (Wildman–Crippen LogP) is 4.53. The van der Waals surface area contributed by atoms with Gasteiger partial charge in [-0.15, -0.1) is 0 Å². The highest BCUT2D eigenvalue weighted by Crippen LogP contribution is 2.34. The predicted molar refractivity (Wildman–Crippen MR) is 109 cm³/mol. The molecule has 0 unspecified atom stereocenters. The lowest BCUT2D eigenvalue weighted by Crippen LogP contribution is -2.13. The molecule has 2 N–H and O–H groups in total. The molecule has 7 nitrogen and oxygen atoms in total. The molecule has 0 atom stereocenters. The van der Waals surface area contributed by atoms with Crippen molar-refractivity contribution in [3.8, 4) is 11.4 Å². The van der Waals surface area contributed by atoms with Gasteiger partial charge in [0.05, 0.1) is 21.1 Å². The van der Waals surface area contributed by atoms with Gasteiger partial charge in [-0.3, -0.25) is 0 Å². The fourth-order valence-corrected chi connectivity index (χ4v) is 3.20. The number of H-pyrrole nitrogens is 1. The molecule has 9 heteroatoms. The van der Waals surface area contributed by atoms with E-state index in [1.54, 1.807) is 36.7 Å². The quantitative estimate of drug-likeness (QED) is 0.524. The zero-order valence-electron chi connectivity index (χ0n) is 14.5. The van der Waals surface area contributed by atoms with E-state index in [-0.39, 0.29) is 0 Å². The van der Waals surface area contributed by atoms with Crippen molar-refractivity contribution in [1.29, 1.82) is 0 Å². The molecule has 27 heavy (non-hydrogen) atoms. The van der Waals surface area contributed by atoms with Crippen molar-refractivity contribution >= 4 is 51.8 Å². The molecule has 0 fully saturated rings. The lowest BCUT2D eigenvalue weighted by Gasteiger charge is -2.11. The van der Waals surface area contributed by atoms with Crippen molar-refractivity contribution in [3.63, 3.8) is 0 Å². The van der Waals surface area contributed by atoms with Crippen molar-refractivity contribution < 1.29 is 0 Å². The normalized spacial score (nSPS) is 11.0. The first-order valence-corrected chi connectivity index (χ1v) is 8.85. The number of anilines is 3. The van der Waals surface area contributed by atoms with Crippen LogP contribution in [0, 0.1) is 0 Å². The third-order valence-electron chi connectivity index (χ3n) is 3.89. The van der Waals surface area contributed by atoms with Gasteiger partial charge in [-0.05, 0) is 24.3 Å². The number of aromatic nitrogens is 5. The molecule has 0 bridgehead atoms. The third kappa shape index (κ3) is 3.39. The van der Waals surface area contributed by atoms with Gasteiger partial charge in [-0.25, -0.2) is 15.0 Å². The molecule has 0 aliphatic rings. The molecular formula is C18H15Cl2N7. The SMILES string of the molecule is CN(C)c1nccc(Nc2nccc3[nH]c(-c4c(Cl)cccc4Cl)nc23)n1. The second kappa shape index (κ2) is 7.02. The van der Waals surface area contributed by atoms with Crippen LogP contribution in [0.1, 0.15) is 0 Å². The minimum Gasteiger partial charge on any atom is -0.347 e. The minimum atomic E-state index is 0.524. The van der Waals surface area contributed by atoms with E-state index >= 15 is 0 Å². The van der Waals surface area contributed by atoms with Crippen LogP contribution in [0.5, 0.6) is 0 Å². The summed E-state index contributed by atoms with van der Waals surface area (Å²) < 4.78 is 0. The van der Waals surface area contributed by atoms with E-state index in [9.17, 15) is 0 Å². The molecule has 136 valence electrons. The molecule has 0 aliphatic heterocycles. The van der Waals surface area contributed by atoms with E-state index < -0.39 is 0 Å². The first-order valence-electron chi connectivity index (χ1n) is 8.09. The Labute approximate surface area is 165 Å². The maximum atomic E-state index is 6.31. The summed E-state index contributed by atoms with van der Waals surface area (Å²) in [7, 11) is 3.76. The largest absolute Gasteiger partial charge is 0.347 e. The van der Waals surface area contributed by atoms with Crippen molar-refractivity contribution in [2.24, 2.45) is 0 Å². The highest BCUT2D eigenvalue weighted by Gasteiger charge is 2.15. The molecule has 0 spiro atoms. The van der Waals surface area contributed by atoms with Gasteiger partial charge in [0, 0.05) is 26.5 Å². The van der Waals surface area contributed by atoms with Gasteiger partial charge in [-0.2, -0.15) is 4.98 Å². The number of rotatable bonds is 4. The molecule has 0 saturated carbocycles. The molecule has 1 aromatic carbocycles. The van der Waals surface area contributed by atoms with Crippen LogP contribution in [-0.2, 0) is 0 Å². The van der Waals surface area contributed by atoms with Gasteiger partial charge in [0.25, 0.3) is 0 Å². The van der Waals surface area contributed by atoms with Gasteiger partial charge >= 0.3 is 0 Å². The number of halogens is 2. The summed E-state index contributed by atoms with van der Waals surface area (Å²) in [5.74, 6) is 2.36. The second-order valence-corrected chi connectivity index (χ2v) is 6.81. The number of hydrogen-bond acceptors (Lipinski definition) is 6. The fraction of sp³-hybridized carbons (Fsp3) is 0.111. The van der Waals surface area contributed by atoms with Crippen molar-refractivity contribution in [1.82, 2.24) is 24.9 Å². The molecule has 0 aliphatic carbocycles. The number of fused-ring (bicyclic) bond motifs is 1. The van der Waals surface area contributed by atoms with Crippen molar-refractivity contribution in [2.45, 2.75) is 0 Å². The zero-order chi connectivity index (χ0) is 19.0. The first kappa shape index (κ1) is 17.5. The summed E-state index contributed by atoms with van der Waals surface area (Å²) in [4.78, 5) is 22.8. The molecule has 3 aromatic heterocycles. The Kier molecular flexibility index (Phi) is 4.55. The summed E-state index contributed by atoms with van der Waals surface area (Å²) in [6.07, 6.45) is 3.37. The Hall–Kier alpha value is -2.90. The van der Waals surface area contributed by atoms with Crippen LogP contribution in [0.2, 0.25) is 10.0 Å². The lowest BCUT2D eigenvalue weighted by atomic mass is 10.2. The molecule has 4 aromatic rings. The monoisotopic (exact) mass is 399 g/mol. The lowest BCUT2D eigenvalue weighted by molar-refractivity contribution is 1.000. The molecule has 4 rings (SSSR count). The number of pyridine rings is 1. The highest BCUT2D eigenvalue weighted by molar-refractivity contribution is 6.39. The minimum absolute atomic E-state index is 0.524. The van der Waals surface area contributed by atoms with E-state index in [4.69, 9.17) is 23.2 Å². The number of hydrogen-bond donors (Lipinski definition) is 2. The standard InChI is InChI=1S/C18H15Cl2N7/c1-27(2)18-22-9-7-13(25-18)24-17-15-12(6-8-21-17)23-16(26-15)14-10(19)4-3-5-11(14)20/h3-9H,1-2H3,(H,23,26)(H,21,22,24,25). The molecule has 0 radical (unpaired) electrons. The summed E-state index contributed by atoms with van der Waals surface area (Å²) in [6.45, 7) is 0. The number of nitrogens with zero attached hydrogens (tertiary/aromatic N) is 5. The van der Waals surface area contributed by atoms with Gasteiger partial charge in [0.1, 0.15) is 17.2 Å². The molecule has 3 heterocycles. The Morgan fingerprint density at radius 2 is 1.70 bits per heavy atom. The van der Waals surface area contributed by atoms with Crippen LogP contribution in [0.25, 0.3) is 22.4 Å². The highest BCUT2D eigenvalue weighted by atomic mass is 35.5. The Bertz CT molecular complexity index is 1100. The maximum absolute atomic E-state index is 6.31. The van der Waals surface area contributed by atoms with Gasteiger partial charge in [-0.1, -0.05) is 29.3 Å². The smallest absolute Gasteiger partial charge is 0.226 e. The van der Waals surface area contributed by atoms with Gasteiger partial charge in [0.2, 0.25) is 5.95 Å². The number of imidazole rings is 1. The topological polar surface area (TPSA) is 82.6 Å². The van der Waals surface area contributed by atoms with Crippen LogP contribution in [0.4, 0.5) is 17.6 Å². The average Bonchev–Trinajstić information content (AvgIpc) is 3.06. The summed E-state index contributed by atoms with van der Waals surface area (Å²) in [5, 5.41) is 4.25. The third-order valence-corrected chi connectivity index (χ3v) is 4.52. The Morgan fingerprint density at radius 1 is 0.963 bits per heavy atom. The van der Waals surface area contributed by atoms with Crippen molar-refractivity contribution in [3.05, 3.63) is 52.8 Å².